The molecule has 7 nitrogen and oxygen atoms in total. The predicted molar refractivity (Wildman–Crippen MR) is 159 cm³/mol. The third-order valence-corrected chi connectivity index (χ3v) is 8.80. The highest BCUT2D eigenvalue weighted by molar-refractivity contribution is 7.87. The largest absolute Gasteiger partial charge is 0.534 e. The second-order valence-electron chi connectivity index (χ2n) is 10.4. The summed E-state index contributed by atoms with van der Waals surface area (Å²) in [5, 5.41) is 14.1. The van der Waals surface area contributed by atoms with Gasteiger partial charge in [-0.1, -0.05) is 115 Å². The Bertz CT molecular complexity index is 1780. The first kappa shape index (κ1) is 29.3. The van der Waals surface area contributed by atoms with Crippen LogP contribution in [0.2, 0.25) is 0 Å². The first-order valence-electron chi connectivity index (χ1n) is 14.0. The maximum Gasteiger partial charge on any atom is 0.534 e. The minimum absolute atomic E-state index is 0.0353. The van der Waals surface area contributed by atoms with E-state index in [2.05, 4.69) is 14.5 Å². The zero-order chi connectivity index (χ0) is 30.8. The number of halogens is 3. The Morgan fingerprint density at radius 3 is 1.77 bits per heavy atom. The van der Waals surface area contributed by atoms with Crippen LogP contribution in [-0.2, 0) is 19.8 Å². The smallest absolute Gasteiger partial charge is 0.381 e. The van der Waals surface area contributed by atoms with E-state index in [0.29, 0.717) is 12.2 Å². The fraction of sp³-hybridized carbons (Fsp3) is 0.182. The highest BCUT2D eigenvalue weighted by Crippen LogP contribution is 2.41. The number of aromatic nitrogens is 4. The Hall–Kier alpha value is -4.77. The maximum atomic E-state index is 12.8. The van der Waals surface area contributed by atoms with Crippen LogP contribution in [-0.4, -0.2) is 34.1 Å². The van der Waals surface area contributed by atoms with E-state index in [4.69, 9.17) is 5.10 Å². The van der Waals surface area contributed by atoms with Crippen molar-refractivity contribution in [2.24, 2.45) is 0 Å². The number of tetrazole rings is 1. The van der Waals surface area contributed by atoms with Crippen molar-refractivity contribution in [3.8, 4) is 11.4 Å². The van der Waals surface area contributed by atoms with E-state index in [0.717, 1.165) is 27.8 Å². The van der Waals surface area contributed by atoms with Gasteiger partial charge in [0.15, 0.2) is 5.54 Å². The van der Waals surface area contributed by atoms with Gasteiger partial charge in [0.1, 0.15) is 5.76 Å². The number of benzene rings is 4. The molecule has 11 heteroatoms. The molecule has 1 aromatic heterocycles. The molecular weight excluding hydrogens is 589 g/mol. The standard InChI is InChI=1S/C33H27F3N4O3S/c34-33(35,36)44(41,42)43-28-22-20-24(21-23-28)29-18-10-11-19-30(29)31-37-39-40(38-31)32(25-12-4-1-5-13-25,26-14-6-2-7-15-26)27-16-8-3-9-17-27/h1-19,22,24H,20-21,23H2. The molecule has 0 saturated heterocycles. The number of hydrogen-bond acceptors (Lipinski definition) is 6. The molecule has 0 radical (unpaired) electrons. The summed E-state index contributed by atoms with van der Waals surface area (Å²) < 4.78 is 65.8. The predicted octanol–water partition coefficient (Wildman–Crippen LogP) is 7.20. The lowest BCUT2D eigenvalue weighted by Gasteiger charge is -2.34. The van der Waals surface area contributed by atoms with Crippen molar-refractivity contribution in [2.75, 3.05) is 0 Å². The third kappa shape index (κ3) is 5.39. The minimum Gasteiger partial charge on any atom is -0.381 e. The van der Waals surface area contributed by atoms with E-state index in [1.54, 1.807) is 4.80 Å². The van der Waals surface area contributed by atoms with Crippen molar-refractivity contribution in [2.45, 2.75) is 36.2 Å². The van der Waals surface area contributed by atoms with Gasteiger partial charge in [-0.05, 0) is 52.3 Å². The van der Waals surface area contributed by atoms with E-state index in [1.165, 1.54) is 6.08 Å². The zero-order valence-electron chi connectivity index (χ0n) is 23.3. The molecule has 0 fully saturated rings. The molecule has 4 aromatic carbocycles. The molecule has 1 aliphatic rings. The maximum absolute atomic E-state index is 12.8. The van der Waals surface area contributed by atoms with Gasteiger partial charge in [-0.3, -0.25) is 0 Å². The molecule has 1 heterocycles. The van der Waals surface area contributed by atoms with Crippen LogP contribution in [0.5, 0.6) is 0 Å². The lowest BCUT2D eigenvalue weighted by molar-refractivity contribution is -0.0524. The molecule has 0 amide bonds. The SMILES string of the molecule is O=S(=O)(OC1=CCC(c2ccccc2-c2nnn(C(c3ccccc3)(c3ccccc3)c3ccccc3)n2)CC1)C(F)(F)F. The summed E-state index contributed by atoms with van der Waals surface area (Å²) in [6.45, 7) is 0. The molecule has 44 heavy (non-hydrogen) atoms. The molecule has 0 bridgehead atoms. The van der Waals surface area contributed by atoms with Gasteiger partial charge >= 0.3 is 15.6 Å². The topological polar surface area (TPSA) is 87.0 Å². The molecule has 0 spiro atoms. The van der Waals surface area contributed by atoms with Crippen molar-refractivity contribution < 1.29 is 25.8 Å². The van der Waals surface area contributed by atoms with E-state index < -0.39 is 21.2 Å². The van der Waals surface area contributed by atoms with Gasteiger partial charge in [-0.25, -0.2) is 0 Å². The van der Waals surface area contributed by atoms with Crippen LogP contribution in [0.1, 0.15) is 47.4 Å². The van der Waals surface area contributed by atoms with E-state index in [-0.39, 0.29) is 24.5 Å². The first-order valence-corrected chi connectivity index (χ1v) is 15.4. The van der Waals surface area contributed by atoms with Gasteiger partial charge in [-0.15, -0.1) is 15.0 Å². The Morgan fingerprint density at radius 1 is 0.750 bits per heavy atom. The summed E-state index contributed by atoms with van der Waals surface area (Å²) in [5.41, 5.74) is -2.01. The van der Waals surface area contributed by atoms with Gasteiger partial charge in [0.25, 0.3) is 0 Å². The lowest BCUT2D eigenvalue weighted by Crippen LogP contribution is -2.39. The quantitative estimate of drug-likeness (QED) is 0.104. The van der Waals surface area contributed by atoms with Crippen LogP contribution < -0.4 is 0 Å². The summed E-state index contributed by atoms with van der Waals surface area (Å²) in [6, 6.07) is 37.4. The summed E-state index contributed by atoms with van der Waals surface area (Å²) in [7, 11) is -5.71. The van der Waals surface area contributed by atoms with Gasteiger partial charge in [0.2, 0.25) is 5.82 Å². The third-order valence-electron chi connectivity index (χ3n) is 7.80. The molecule has 5 aromatic rings. The zero-order valence-corrected chi connectivity index (χ0v) is 24.1. The molecular formula is C33H27F3N4O3S. The molecule has 1 aliphatic carbocycles. The van der Waals surface area contributed by atoms with Gasteiger partial charge in [0, 0.05) is 12.0 Å². The monoisotopic (exact) mass is 616 g/mol. The van der Waals surface area contributed by atoms with E-state index in [9.17, 15) is 21.6 Å². The Labute approximate surface area is 252 Å². The van der Waals surface area contributed by atoms with Gasteiger partial charge in [0.05, 0.1) is 0 Å². The van der Waals surface area contributed by atoms with Crippen LogP contribution in [0, 0.1) is 0 Å². The first-order chi connectivity index (χ1) is 21.2. The lowest BCUT2D eigenvalue weighted by atomic mass is 9.77. The van der Waals surface area contributed by atoms with Crippen LogP contribution in [0.15, 0.2) is 127 Å². The van der Waals surface area contributed by atoms with Crippen LogP contribution in [0.25, 0.3) is 11.4 Å². The van der Waals surface area contributed by atoms with Gasteiger partial charge < -0.3 is 4.18 Å². The summed E-state index contributed by atoms with van der Waals surface area (Å²) in [4.78, 5) is 1.63. The molecule has 224 valence electrons. The van der Waals surface area contributed by atoms with E-state index >= 15 is 0 Å². The highest BCUT2D eigenvalue weighted by Gasteiger charge is 2.49. The summed E-state index contributed by atoms with van der Waals surface area (Å²) in [5.74, 6) is 0.0538. The average Bonchev–Trinajstić information content (AvgIpc) is 3.53. The number of allylic oxidation sites excluding steroid dienone is 2. The molecule has 0 saturated carbocycles. The molecule has 1 atom stereocenters. The van der Waals surface area contributed by atoms with E-state index in [1.807, 2.05) is 115 Å². The van der Waals surface area contributed by atoms with Crippen LogP contribution in [0.3, 0.4) is 0 Å². The Kier molecular flexibility index (Phi) is 7.81. The van der Waals surface area contributed by atoms with Crippen molar-refractivity contribution in [3.05, 3.63) is 149 Å². The Balaban J connectivity index is 1.41. The molecule has 0 N–H and O–H groups in total. The van der Waals surface area contributed by atoms with Crippen LogP contribution in [0.4, 0.5) is 13.2 Å². The second kappa shape index (κ2) is 11.7. The van der Waals surface area contributed by atoms with Crippen molar-refractivity contribution in [1.82, 2.24) is 20.2 Å². The number of alkyl halides is 3. The minimum atomic E-state index is -5.71. The molecule has 1 unspecified atom stereocenters. The average molecular weight is 617 g/mol. The Morgan fingerprint density at radius 2 is 1.27 bits per heavy atom. The fourth-order valence-corrected chi connectivity index (χ4v) is 6.29. The molecule has 0 aliphatic heterocycles. The van der Waals surface area contributed by atoms with Crippen LogP contribution >= 0.6 is 0 Å². The number of hydrogen-bond donors (Lipinski definition) is 0. The summed E-state index contributed by atoms with van der Waals surface area (Å²) >= 11 is 0. The number of rotatable bonds is 8. The normalized spacial score (nSPS) is 15.9. The highest BCUT2D eigenvalue weighted by atomic mass is 32.2. The van der Waals surface area contributed by atoms with Crippen molar-refractivity contribution >= 4 is 10.1 Å². The van der Waals surface area contributed by atoms with Crippen molar-refractivity contribution in [1.29, 1.82) is 0 Å². The second-order valence-corrected chi connectivity index (χ2v) is 12.0. The summed E-state index contributed by atoms with van der Waals surface area (Å²) in [6.07, 6.45) is 2.11. The fourth-order valence-electron chi connectivity index (χ4n) is 5.76. The van der Waals surface area contributed by atoms with Gasteiger partial charge in [-0.2, -0.15) is 21.6 Å². The number of nitrogens with zero attached hydrogens (tertiary/aromatic N) is 4. The van der Waals surface area contributed by atoms with Crippen molar-refractivity contribution in [3.63, 3.8) is 0 Å². The molecule has 6 rings (SSSR count).